The van der Waals surface area contributed by atoms with Gasteiger partial charge >= 0.3 is 0 Å². The third-order valence-corrected chi connectivity index (χ3v) is 3.12. The molecule has 0 saturated carbocycles. The summed E-state index contributed by atoms with van der Waals surface area (Å²) in [6, 6.07) is 3.57. The number of hydrogen-bond donors (Lipinski definition) is 0. The Kier molecular flexibility index (Phi) is 1.87. The van der Waals surface area contributed by atoms with Crippen molar-refractivity contribution >= 4 is 50.2 Å². The van der Waals surface area contributed by atoms with Crippen molar-refractivity contribution in [3.63, 3.8) is 0 Å². The van der Waals surface area contributed by atoms with E-state index in [1.54, 1.807) is 6.07 Å². The number of thiophene rings is 1. The van der Waals surface area contributed by atoms with Crippen molar-refractivity contribution in [3.8, 4) is 0 Å². The van der Waals surface area contributed by atoms with Crippen molar-refractivity contribution in [2.75, 3.05) is 0 Å². The van der Waals surface area contributed by atoms with E-state index in [4.69, 9.17) is 23.4 Å². The summed E-state index contributed by atoms with van der Waals surface area (Å²) in [4.78, 5) is 11.6. The minimum Gasteiger partial charge on any atom is -0.274 e. The molecule has 0 N–H and O–H groups in total. The van der Waals surface area contributed by atoms with E-state index < -0.39 is 5.24 Å². The first-order valence-electron chi connectivity index (χ1n) is 3.15. The quantitative estimate of drug-likeness (QED) is 0.677. The second-order valence-electron chi connectivity index (χ2n) is 2.27. The summed E-state index contributed by atoms with van der Waals surface area (Å²) >= 11 is 12.6. The number of carbonyl (C=O) groups excluding carboxylic acids is 1. The summed E-state index contributed by atoms with van der Waals surface area (Å²) in [6.07, 6.45) is 0. The van der Waals surface area contributed by atoms with E-state index in [0.717, 1.165) is 10.2 Å². The summed E-state index contributed by atoms with van der Waals surface area (Å²) in [5.74, 6) is 0. The van der Waals surface area contributed by atoms with Gasteiger partial charge in [0.2, 0.25) is 0 Å². The number of carbonyl (C=O) groups is 1. The van der Waals surface area contributed by atoms with Crippen LogP contribution in [0.3, 0.4) is 0 Å². The van der Waals surface area contributed by atoms with Gasteiger partial charge in [0.15, 0.2) is 0 Å². The molecule has 0 unspecified atom stereocenters. The maximum absolute atomic E-state index is 10.8. The molecular weight excluding hydrogens is 217 g/mol. The lowest BCUT2D eigenvalue weighted by molar-refractivity contribution is 0.107. The van der Waals surface area contributed by atoms with Crippen LogP contribution in [-0.4, -0.2) is 9.33 Å². The molecule has 0 aliphatic rings. The zero-order valence-electron chi connectivity index (χ0n) is 5.75. The van der Waals surface area contributed by atoms with Gasteiger partial charge in [0.05, 0.1) is 0 Å². The van der Waals surface area contributed by atoms with Crippen LogP contribution in [0.15, 0.2) is 17.5 Å². The Bertz CT molecular complexity index is 445. The molecule has 2 aromatic heterocycles. The van der Waals surface area contributed by atoms with Gasteiger partial charge < -0.3 is 0 Å². The zero-order valence-corrected chi connectivity index (χ0v) is 8.08. The largest absolute Gasteiger partial charge is 0.274 e. The van der Waals surface area contributed by atoms with Crippen LogP contribution >= 0.6 is 34.7 Å². The van der Waals surface area contributed by atoms with E-state index >= 15 is 0 Å². The van der Waals surface area contributed by atoms with Crippen LogP contribution in [0.4, 0.5) is 0 Å². The number of nitrogens with zero attached hydrogens (tertiary/aromatic N) is 1. The molecule has 5 heteroatoms. The molecule has 0 amide bonds. The van der Waals surface area contributed by atoms with Crippen molar-refractivity contribution in [1.29, 1.82) is 0 Å². The Morgan fingerprint density at radius 2 is 2.33 bits per heavy atom. The molecule has 0 aromatic carbocycles. The minimum absolute atomic E-state index is 0.320. The molecule has 62 valence electrons. The Hall–Kier alpha value is -0.510. The normalized spacial score (nSPS) is 10.8. The van der Waals surface area contributed by atoms with Crippen LogP contribution in [0.2, 0.25) is 0 Å². The zero-order chi connectivity index (χ0) is 8.72. The van der Waals surface area contributed by atoms with E-state index in [-0.39, 0.29) is 0 Å². The molecule has 2 nitrogen and oxygen atoms in total. The predicted molar refractivity (Wildman–Crippen MR) is 51.2 cm³/mol. The summed E-state index contributed by atoms with van der Waals surface area (Å²) < 4.78 is 1.29. The molecular formula is C7H3Cl2NOS. The Morgan fingerprint density at radius 1 is 1.58 bits per heavy atom. The fourth-order valence-electron chi connectivity index (χ4n) is 1.03. The third-order valence-electron chi connectivity index (χ3n) is 1.56. The van der Waals surface area contributed by atoms with Gasteiger partial charge in [-0.25, -0.2) is 4.09 Å². The SMILES string of the molecule is O=C(Cl)c1cc2ccsc2n1Cl. The fourth-order valence-corrected chi connectivity index (χ4v) is 2.35. The highest BCUT2D eigenvalue weighted by Crippen LogP contribution is 2.26. The monoisotopic (exact) mass is 219 g/mol. The molecule has 0 bridgehead atoms. The van der Waals surface area contributed by atoms with E-state index in [2.05, 4.69) is 0 Å². The van der Waals surface area contributed by atoms with E-state index in [1.807, 2.05) is 11.4 Å². The van der Waals surface area contributed by atoms with Gasteiger partial charge in [0, 0.05) is 17.2 Å². The van der Waals surface area contributed by atoms with Crippen LogP contribution in [0.25, 0.3) is 10.2 Å². The third kappa shape index (κ3) is 1.05. The molecule has 0 aliphatic heterocycles. The molecule has 2 heterocycles. The minimum atomic E-state index is -0.534. The first-order chi connectivity index (χ1) is 5.70. The van der Waals surface area contributed by atoms with Gasteiger partial charge in [-0.15, -0.1) is 11.3 Å². The first kappa shape index (κ1) is 8.10. The molecule has 0 fully saturated rings. The lowest BCUT2D eigenvalue weighted by Gasteiger charge is -1.91. The van der Waals surface area contributed by atoms with Gasteiger partial charge in [-0.2, -0.15) is 0 Å². The van der Waals surface area contributed by atoms with Crippen molar-refractivity contribution < 1.29 is 4.79 Å². The number of halogens is 2. The highest BCUT2D eigenvalue weighted by molar-refractivity contribution is 7.17. The highest BCUT2D eigenvalue weighted by Gasteiger charge is 2.12. The van der Waals surface area contributed by atoms with Crippen LogP contribution in [0, 0.1) is 0 Å². The van der Waals surface area contributed by atoms with Crippen LogP contribution in [-0.2, 0) is 0 Å². The summed E-state index contributed by atoms with van der Waals surface area (Å²) in [6.45, 7) is 0. The molecule has 2 rings (SSSR count). The maximum Gasteiger partial charge on any atom is 0.270 e. The molecule has 0 saturated heterocycles. The smallest absolute Gasteiger partial charge is 0.270 e. The summed E-state index contributed by atoms with van der Waals surface area (Å²) in [7, 11) is 0. The first-order valence-corrected chi connectivity index (χ1v) is 4.74. The van der Waals surface area contributed by atoms with Gasteiger partial charge in [-0.3, -0.25) is 4.79 Å². The van der Waals surface area contributed by atoms with Gasteiger partial charge in [0.1, 0.15) is 10.5 Å². The van der Waals surface area contributed by atoms with Crippen molar-refractivity contribution in [3.05, 3.63) is 23.2 Å². The lowest BCUT2D eigenvalue weighted by atomic mass is 10.4. The molecule has 0 spiro atoms. The summed E-state index contributed by atoms with van der Waals surface area (Å²) in [5, 5.41) is 2.32. The van der Waals surface area contributed by atoms with Gasteiger partial charge in [-0.05, 0) is 29.1 Å². The van der Waals surface area contributed by atoms with E-state index in [9.17, 15) is 4.79 Å². The predicted octanol–water partition coefficient (Wildman–Crippen LogP) is 3.08. The lowest BCUT2D eigenvalue weighted by Crippen LogP contribution is -1.93. The maximum atomic E-state index is 10.8. The van der Waals surface area contributed by atoms with Crippen molar-refractivity contribution in [2.45, 2.75) is 0 Å². The number of fused-ring (bicyclic) bond motifs is 1. The standard InChI is InChI=1S/C7H3Cl2NOS/c8-6(11)5-3-4-1-2-12-7(4)10(5)9/h1-3H. The van der Waals surface area contributed by atoms with E-state index in [1.165, 1.54) is 15.4 Å². The molecule has 2 aromatic rings. The number of hydrogen-bond acceptors (Lipinski definition) is 2. The molecule has 0 radical (unpaired) electrons. The second kappa shape index (κ2) is 2.76. The van der Waals surface area contributed by atoms with Gasteiger partial charge in [0.25, 0.3) is 5.24 Å². The molecule has 12 heavy (non-hydrogen) atoms. The second-order valence-corrected chi connectivity index (χ2v) is 3.84. The van der Waals surface area contributed by atoms with Crippen LogP contribution < -0.4 is 0 Å². The van der Waals surface area contributed by atoms with Crippen molar-refractivity contribution in [2.24, 2.45) is 0 Å². The topological polar surface area (TPSA) is 22.0 Å². The highest BCUT2D eigenvalue weighted by atomic mass is 35.5. The number of aromatic nitrogens is 1. The Balaban J connectivity index is 2.78. The van der Waals surface area contributed by atoms with Crippen LogP contribution in [0.1, 0.15) is 10.5 Å². The van der Waals surface area contributed by atoms with Crippen LogP contribution in [0.5, 0.6) is 0 Å². The average molecular weight is 220 g/mol. The van der Waals surface area contributed by atoms with Crippen molar-refractivity contribution in [1.82, 2.24) is 4.09 Å². The Morgan fingerprint density at radius 3 is 2.92 bits per heavy atom. The van der Waals surface area contributed by atoms with E-state index in [0.29, 0.717) is 5.69 Å². The molecule has 0 aliphatic carbocycles. The number of rotatable bonds is 1. The van der Waals surface area contributed by atoms with Gasteiger partial charge in [-0.1, -0.05) is 0 Å². The Labute approximate surface area is 82.4 Å². The summed E-state index contributed by atoms with van der Waals surface area (Å²) in [5.41, 5.74) is 0.320. The average Bonchev–Trinajstić information content (AvgIpc) is 2.53. The fraction of sp³-hybridized carbons (Fsp3) is 0. The molecule has 0 atom stereocenters.